The van der Waals surface area contributed by atoms with Crippen LogP contribution in [0.3, 0.4) is 0 Å². The molecule has 0 aromatic heterocycles. The summed E-state index contributed by atoms with van der Waals surface area (Å²) < 4.78 is 5.51. The van der Waals surface area contributed by atoms with Crippen LogP contribution in [0.5, 0.6) is 5.75 Å². The van der Waals surface area contributed by atoms with Crippen LogP contribution in [0.15, 0.2) is 30.3 Å². The summed E-state index contributed by atoms with van der Waals surface area (Å²) in [5.74, 6) is 0.881. The van der Waals surface area contributed by atoms with Gasteiger partial charge in [0.1, 0.15) is 12.0 Å². The molecular formula is C13H16O2. The number of aldehydes is 1. The topological polar surface area (TPSA) is 26.3 Å². The first kappa shape index (κ1) is 11.5. The third-order valence-corrected chi connectivity index (χ3v) is 2.01. The SMILES string of the molecule is CCCCOc1ccc(C=CC=O)cc1. The molecular weight excluding hydrogens is 188 g/mol. The molecule has 0 unspecified atom stereocenters. The van der Waals surface area contributed by atoms with Crippen LogP contribution < -0.4 is 4.74 Å². The highest BCUT2D eigenvalue weighted by Crippen LogP contribution is 2.13. The summed E-state index contributed by atoms with van der Waals surface area (Å²) in [5.41, 5.74) is 1.00. The fourth-order valence-electron chi connectivity index (χ4n) is 1.16. The van der Waals surface area contributed by atoms with E-state index in [4.69, 9.17) is 4.74 Å². The Kier molecular flexibility index (Phi) is 5.23. The Morgan fingerprint density at radius 2 is 2.00 bits per heavy atom. The number of carbonyl (C=O) groups is 1. The molecule has 0 bridgehead atoms. The summed E-state index contributed by atoms with van der Waals surface area (Å²) in [6.45, 7) is 2.90. The van der Waals surface area contributed by atoms with E-state index in [0.29, 0.717) is 0 Å². The molecule has 1 aromatic rings. The summed E-state index contributed by atoms with van der Waals surface area (Å²) in [6, 6.07) is 7.70. The van der Waals surface area contributed by atoms with Crippen LogP contribution in [0.4, 0.5) is 0 Å². The minimum Gasteiger partial charge on any atom is -0.494 e. The van der Waals surface area contributed by atoms with E-state index in [0.717, 1.165) is 37.0 Å². The lowest BCUT2D eigenvalue weighted by molar-refractivity contribution is -0.104. The van der Waals surface area contributed by atoms with Gasteiger partial charge in [-0.05, 0) is 30.2 Å². The fourth-order valence-corrected chi connectivity index (χ4v) is 1.16. The molecule has 0 amide bonds. The molecule has 0 radical (unpaired) electrons. The Bertz CT molecular complexity index is 312. The summed E-state index contributed by atoms with van der Waals surface area (Å²) >= 11 is 0. The Labute approximate surface area is 90.6 Å². The van der Waals surface area contributed by atoms with Crippen molar-refractivity contribution in [2.24, 2.45) is 0 Å². The van der Waals surface area contributed by atoms with Crippen molar-refractivity contribution in [2.75, 3.05) is 6.61 Å². The first-order valence-electron chi connectivity index (χ1n) is 5.21. The normalized spacial score (nSPS) is 10.5. The number of hydrogen-bond acceptors (Lipinski definition) is 2. The van der Waals surface area contributed by atoms with Crippen molar-refractivity contribution in [3.05, 3.63) is 35.9 Å². The lowest BCUT2D eigenvalue weighted by Gasteiger charge is -2.04. The van der Waals surface area contributed by atoms with E-state index in [1.54, 1.807) is 6.08 Å². The summed E-state index contributed by atoms with van der Waals surface area (Å²) in [5, 5.41) is 0. The van der Waals surface area contributed by atoms with Gasteiger partial charge in [0.25, 0.3) is 0 Å². The van der Waals surface area contributed by atoms with E-state index in [-0.39, 0.29) is 0 Å². The van der Waals surface area contributed by atoms with Crippen molar-refractivity contribution >= 4 is 12.4 Å². The van der Waals surface area contributed by atoms with Gasteiger partial charge in [0.15, 0.2) is 0 Å². The zero-order valence-electron chi connectivity index (χ0n) is 8.98. The van der Waals surface area contributed by atoms with Crippen LogP contribution in [-0.2, 0) is 4.79 Å². The Morgan fingerprint density at radius 3 is 2.60 bits per heavy atom. The van der Waals surface area contributed by atoms with Gasteiger partial charge in [-0.25, -0.2) is 0 Å². The molecule has 0 spiro atoms. The second-order valence-electron chi connectivity index (χ2n) is 3.27. The van der Waals surface area contributed by atoms with Gasteiger partial charge in [-0.1, -0.05) is 31.6 Å². The molecule has 1 aromatic carbocycles. The van der Waals surface area contributed by atoms with Gasteiger partial charge in [0, 0.05) is 0 Å². The van der Waals surface area contributed by atoms with Crippen molar-refractivity contribution in [2.45, 2.75) is 19.8 Å². The van der Waals surface area contributed by atoms with Gasteiger partial charge in [0.2, 0.25) is 0 Å². The molecule has 2 nitrogen and oxygen atoms in total. The minimum atomic E-state index is 0.764. The second-order valence-corrected chi connectivity index (χ2v) is 3.27. The van der Waals surface area contributed by atoms with Crippen LogP contribution in [0.25, 0.3) is 6.08 Å². The van der Waals surface area contributed by atoms with Gasteiger partial charge in [-0.3, -0.25) is 4.79 Å². The smallest absolute Gasteiger partial charge is 0.142 e. The van der Waals surface area contributed by atoms with Crippen LogP contribution in [0.2, 0.25) is 0 Å². The summed E-state index contributed by atoms with van der Waals surface area (Å²) in [7, 11) is 0. The molecule has 0 fully saturated rings. The highest BCUT2D eigenvalue weighted by Gasteiger charge is 1.92. The van der Waals surface area contributed by atoms with E-state index in [9.17, 15) is 4.79 Å². The number of ether oxygens (including phenoxy) is 1. The maximum atomic E-state index is 10.1. The Morgan fingerprint density at radius 1 is 1.27 bits per heavy atom. The van der Waals surface area contributed by atoms with Crippen LogP contribution in [-0.4, -0.2) is 12.9 Å². The van der Waals surface area contributed by atoms with E-state index in [1.807, 2.05) is 24.3 Å². The molecule has 0 aliphatic heterocycles. The van der Waals surface area contributed by atoms with Gasteiger partial charge in [0.05, 0.1) is 6.61 Å². The monoisotopic (exact) mass is 204 g/mol. The molecule has 15 heavy (non-hydrogen) atoms. The number of carbonyl (C=O) groups excluding carboxylic acids is 1. The highest BCUT2D eigenvalue weighted by atomic mass is 16.5. The van der Waals surface area contributed by atoms with Crippen molar-refractivity contribution in [3.8, 4) is 5.75 Å². The first-order chi connectivity index (χ1) is 7.36. The van der Waals surface area contributed by atoms with Gasteiger partial charge < -0.3 is 4.74 Å². The van der Waals surface area contributed by atoms with Gasteiger partial charge in [-0.15, -0.1) is 0 Å². The summed E-state index contributed by atoms with van der Waals surface area (Å²) in [6.07, 6.45) is 6.23. The molecule has 80 valence electrons. The van der Waals surface area contributed by atoms with Crippen LogP contribution in [0, 0.1) is 0 Å². The first-order valence-corrected chi connectivity index (χ1v) is 5.21. The highest BCUT2D eigenvalue weighted by molar-refractivity contribution is 5.73. The molecule has 0 saturated heterocycles. The van der Waals surface area contributed by atoms with Gasteiger partial charge >= 0.3 is 0 Å². The van der Waals surface area contributed by atoms with Crippen molar-refractivity contribution < 1.29 is 9.53 Å². The number of rotatable bonds is 6. The van der Waals surface area contributed by atoms with E-state index >= 15 is 0 Å². The number of hydrogen-bond donors (Lipinski definition) is 0. The maximum absolute atomic E-state index is 10.1. The molecule has 0 aliphatic carbocycles. The molecule has 0 aliphatic rings. The molecule has 0 heterocycles. The molecule has 1 rings (SSSR count). The van der Waals surface area contributed by atoms with Crippen molar-refractivity contribution in [3.63, 3.8) is 0 Å². The third kappa shape index (κ3) is 4.45. The third-order valence-electron chi connectivity index (χ3n) is 2.01. The quantitative estimate of drug-likeness (QED) is 0.404. The van der Waals surface area contributed by atoms with E-state index in [2.05, 4.69) is 6.92 Å². The molecule has 0 saturated carbocycles. The molecule has 0 atom stereocenters. The van der Waals surface area contributed by atoms with Crippen molar-refractivity contribution in [1.82, 2.24) is 0 Å². The Hall–Kier alpha value is -1.57. The number of unbranched alkanes of at least 4 members (excludes halogenated alkanes) is 1. The maximum Gasteiger partial charge on any atom is 0.142 e. The largest absolute Gasteiger partial charge is 0.494 e. The van der Waals surface area contributed by atoms with Crippen LogP contribution in [0.1, 0.15) is 25.3 Å². The number of benzene rings is 1. The molecule has 0 N–H and O–H groups in total. The van der Waals surface area contributed by atoms with Gasteiger partial charge in [-0.2, -0.15) is 0 Å². The fraction of sp³-hybridized carbons (Fsp3) is 0.308. The summed E-state index contributed by atoms with van der Waals surface area (Å²) in [4.78, 5) is 10.1. The average molecular weight is 204 g/mol. The zero-order valence-corrected chi connectivity index (χ0v) is 8.98. The lowest BCUT2D eigenvalue weighted by Crippen LogP contribution is -1.95. The van der Waals surface area contributed by atoms with E-state index < -0.39 is 0 Å². The average Bonchev–Trinajstić information content (AvgIpc) is 2.28. The zero-order chi connectivity index (χ0) is 10.9. The second kappa shape index (κ2) is 6.82. The van der Waals surface area contributed by atoms with Crippen molar-refractivity contribution in [1.29, 1.82) is 0 Å². The minimum absolute atomic E-state index is 0.764. The van der Waals surface area contributed by atoms with Crippen LogP contribution >= 0.6 is 0 Å². The lowest BCUT2D eigenvalue weighted by atomic mass is 10.2. The predicted molar refractivity (Wildman–Crippen MR) is 61.9 cm³/mol. The number of allylic oxidation sites excluding steroid dienone is 1. The molecule has 2 heteroatoms. The Balaban J connectivity index is 2.48. The standard InChI is InChI=1S/C13H16O2/c1-2-3-11-15-13-8-6-12(7-9-13)5-4-10-14/h4-10H,2-3,11H2,1H3. The predicted octanol–water partition coefficient (Wildman–Crippen LogP) is 3.08. The van der Waals surface area contributed by atoms with E-state index in [1.165, 1.54) is 6.08 Å².